The molecule has 0 aliphatic carbocycles. The lowest BCUT2D eigenvalue weighted by Crippen LogP contribution is -2.16. The zero-order valence-electron chi connectivity index (χ0n) is 17.5. The summed E-state index contributed by atoms with van der Waals surface area (Å²) in [5.74, 6) is 1.17. The second-order valence-electron chi connectivity index (χ2n) is 7.47. The number of rotatable bonds is 11. The van der Waals surface area contributed by atoms with Gasteiger partial charge in [0, 0.05) is 16.8 Å². The minimum atomic E-state index is -0.201. The summed E-state index contributed by atoms with van der Waals surface area (Å²) < 4.78 is 18.1. The highest BCUT2D eigenvalue weighted by atomic mass is 79.9. The second kappa shape index (κ2) is 12.0. The van der Waals surface area contributed by atoms with E-state index in [9.17, 15) is 4.79 Å². The first-order valence-electron chi connectivity index (χ1n) is 10.7. The summed E-state index contributed by atoms with van der Waals surface area (Å²) in [6, 6.07) is 12.9. The van der Waals surface area contributed by atoms with Crippen molar-refractivity contribution in [2.24, 2.45) is 0 Å². The number of anilines is 1. The van der Waals surface area contributed by atoms with Gasteiger partial charge in [-0.05, 0) is 61.7 Å². The standard InChI is InChI=1S/C24H30BrNO4/c1-2-3-4-5-14-29-23-13-8-18(25)16-22(23)24(27)26-19-9-11-20(12-10-19)30-17-21-7-6-15-28-21/h8-13,16,21H,2-7,14-15,17H2,1H3,(H,26,27). The summed E-state index contributed by atoms with van der Waals surface area (Å²) in [5.41, 5.74) is 1.22. The van der Waals surface area contributed by atoms with Crippen LogP contribution in [0.25, 0.3) is 0 Å². The molecule has 3 rings (SSSR count). The van der Waals surface area contributed by atoms with Crippen molar-refractivity contribution >= 4 is 27.5 Å². The zero-order chi connectivity index (χ0) is 21.2. The van der Waals surface area contributed by atoms with Crippen LogP contribution in [-0.2, 0) is 4.74 Å². The van der Waals surface area contributed by atoms with E-state index >= 15 is 0 Å². The van der Waals surface area contributed by atoms with E-state index in [4.69, 9.17) is 14.2 Å². The number of ether oxygens (including phenoxy) is 3. The molecule has 5 nitrogen and oxygen atoms in total. The Kier molecular flexibility index (Phi) is 9.02. The minimum Gasteiger partial charge on any atom is -0.493 e. The lowest BCUT2D eigenvalue weighted by molar-refractivity contribution is 0.0679. The average Bonchev–Trinajstić information content (AvgIpc) is 3.27. The maximum Gasteiger partial charge on any atom is 0.259 e. The fraction of sp³-hybridized carbons (Fsp3) is 0.458. The largest absolute Gasteiger partial charge is 0.493 e. The Bertz CT molecular complexity index is 803. The number of amides is 1. The second-order valence-corrected chi connectivity index (χ2v) is 8.39. The van der Waals surface area contributed by atoms with Crippen LogP contribution in [0.4, 0.5) is 5.69 Å². The van der Waals surface area contributed by atoms with E-state index in [0.717, 1.165) is 42.5 Å². The highest BCUT2D eigenvalue weighted by molar-refractivity contribution is 9.10. The van der Waals surface area contributed by atoms with Crippen molar-refractivity contribution in [3.63, 3.8) is 0 Å². The molecule has 0 radical (unpaired) electrons. The van der Waals surface area contributed by atoms with Gasteiger partial charge < -0.3 is 19.5 Å². The summed E-state index contributed by atoms with van der Waals surface area (Å²) in [6.45, 7) is 4.17. The molecule has 0 spiro atoms. The molecule has 1 unspecified atom stereocenters. The van der Waals surface area contributed by atoms with Crippen molar-refractivity contribution in [3.05, 3.63) is 52.5 Å². The lowest BCUT2D eigenvalue weighted by atomic mass is 10.1. The van der Waals surface area contributed by atoms with Gasteiger partial charge in [-0.15, -0.1) is 0 Å². The molecule has 0 saturated carbocycles. The summed E-state index contributed by atoms with van der Waals surface area (Å²) in [4.78, 5) is 12.8. The first-order valence-corrected chi connectivity index (χ1v) is 11.5. The van der Waals surface area contributed by atoms with Crippen LogP contribution < -0.4 is 14.8 Å². The molecule has 1 amide bonds. The van der Waals surface area contributed by atoms with Gasteiger partial charge >= 0.3 is 0 Å². The van der Waals surface area contributed by atoms with Crippen molar-refractivity contribution in [1.29, 1.82) is 0 Å². The zero-order valence-corrected chi connectivity index (χ0v) is 19.1. The fourth-order valence-corrected chi connectivity index (χ4v) is 3.68. The Labute approximate surface area is 187 Å². The molecule has 2 aromatic carbocycles. The Balaban J connectivity index is 1.55. The molecule has 162 valence electrons. The number of halogens is 1. The van der Waals surface area contributed by atoms with Gasteiger partial charge in [0.25, 0.3) is 5.91 Å². The van der Waals surface area contributed by atoms with Crippen molar-refractivity contribution in [1.82, 2.24) is 0 Å². The predicted molar refractivity (Wildman–Crippen MR) is 123 cm³/mol. The van der Waals surface area contributed by atoms with E-state index in [0.29, 0.717) is 30.2 Å². The number of hydrogen-bond acceptors (Lipinski definition) is 4. The van der Waals surface area contributed by atoms with Gasteiger partial charge in [0.2, 0.25) is 0 Å². The third kappa shape index (κ3) is 7.03. The van der Waals surface area contributed by atoms with Crippen LogP contribution in [0.2, 0.25) is 0 Å². The van der Waals surface area contributed by atoms with Crippen LogP contribution in [0, 0.1) is 0 Å². The summed E-state index contributed by atoms with van der Waals surface area (Å²) in [5, 5.41) is 2.94. The van der Waals surface area contributed by atoms with Gasteiger partial charge in [0.1, 0.15) is 18.1 Å². The topological polar surface area (TPSA) is 56.8 Å². The maximum atomic E-state index is 12.8. The van der Waals surface area contributed by atoms with Crippen LogP contribution in [0.1, 0.15) is 55.8 Å². The van der Waals surface area contributed by atoms with Crippen molar-refractivity contribution in [2.45, 2.75) is 51.6 Å². The monoisotopic (exact) mass is 475 g/mol. The highest BCUT2D eigenvalue weighted by Gasteiger charge is 2.16. The molecule has 6 heteroatoms. The normalized spacial score (nSPS) is 15.7. The van der Waals surface area contributed by atoms with Crippen LogP contribution in [-0.4, -0.2) is 31.8 Å². The third-order valence-corrected chi connectivity index (χ3v) is 5.51. The number of benzene rings is 2. The van der Waals surface area contributed by atoms with Gasteiger partial charge in [-0.2, -0.15) is 0 Å². The quantitative estimate of drug-likeness (QED) is 0.392. The number of nitrogens with one attached hydrogen (secondary N) is 1. The van der Waals surface area contributed by atoms with E-state index in [1.165, 1.54) is 12.8 Å². The smallest absolute Gasteiger partial charge is 0.259 e. The first-order chi connectivity index (χ1) is 14.7. The first kappa shape index (κ1) is 22.6. The average molecular weight is 476 g/mol. The summed E-state index contributed by atoms with van der Waals surface area (Å²) >= 11 is 3.44. The number of carbonyl (C=O) groups is 1. The van der Waals surface area contributed by atoms with Gasteiger partial charge in [-0.3, -0.25) is 4.79 Å². The van der Waals surface area contributed by atoms with E-state index in [-0.39, 0.29) is 12.0 Å². The number of hydrogen-bond donors (Lipinski definition) is 1. The molecule has 1 aliphatic rings. The molecular formula is C24H30BrNO4. The van der Waals surface area contributed by atoms with E-state index in [1.807, 2.05) is 36.4 Å². The molecule has 30 heavy (non-hydrogen) atoms. The fourth-order valence-electron chi connectivity index (χ4n) is 3.31. The highest BCUT2D eigenvalue weighted by Crippen LogP contribution is 2.25. The van der Waals surface area contributed by atoms with E-state index < -0.39 is 0 Å². The van der Waals surface area contributed by atoms with Crippen molar-refractivity contribution in [3.8, 4) is 11.5 Å². The molecule has 1 fully saturated rings. The number of carbonyl (C=O) groups excluding carboxylic acids is 1. The maximum absolute atomic E-state index is 12.8. The molecule has 0 aromatic heterocycles. The van der Waals surface area contributed by atoms with Crippen LogP contribution >= 0.6 is 15.9 Å². The molecule has 2 aromatic rings. The van der Waals surface area contributed by atoms with Gasteiger partial charge in [-0.1, -0.05) is 42.1 Å². The molecule has 1 atom stereocenters. The van der Waals surface area contributed by atoms with Crippen molar-refractivity contribution < 1.29 is 19.0 Å². The molecule has 1 aliphatic heterocycles. The lowest BCUT2D eigenvalue weighted by Gasteiger charge is -2.13. The molecule has 1 saturated heterocycles. The molecule has 1 N–H and O–H groups in total. The Morgan fingerprint density at radius 2 is 1.97 bits per heavy atom. The SMILES string of the molecule is CCCCCCOc1ccc(Br)cc1C(=O)Nc1ccc(OCC2CCCO2)cc1. The molecule has 0 bridgehead atoms. The Morgan fingerprint density at radius 3 is 2.70 bits per heavy atom. The van der Waals surface area contributed by atoms with Crippen LogP contribution in [0.3, 0.4) is 0 Å². The van der Waals surface area contributed by atoms with E-state index in [1.54, 1.807) is 6.07 Å². The number of unbranched alkanes of at least 4 members (excludes halogenated alkanes) is 3. The van der Waals surface area contributed by atoms with Crippen molar-refractivity contribution in [2.75, 3.05) is 25.1 Å². The minimum absolute atomic E-state index is 0.182. The predicted octanol–water partition coefficient (Wildman–Crippen LogP) is 6.22. The van der Waals surface area contributed by atoms with Crippen LogP contribution in [0.5, 0.6) is 11.5 Å². The van der Waals surface area contributed by atoms with Gasteiger partial charge in [0.15, 0.2) is 0 Å². The van der Waals surface area contributed by atoms with Crippen LogP contribution in [0.15, 0.2) is 46.9 Å². The molecule has 1 heterocycles. The third-order valence-electron chi connectivity index (χ3n) is 5.01. The Morgan fingerprint density at radius 1 is 1.13 bits per heavy atom. The summed E-state index contributed by atoms with van der Waals surface area (Å²) in [7, 11) is 0. The van der Waals surface area contributed by atoms with E-state index in [2.05, 4.69) is 28.2 Å². The summed E-state index contributed by atoms with van der Waals surface area (Å²) in [6.07, 6.45) is 6.83. The molecular weight excluding hydrogens is 446 g/mol. The Hall–Kier alpha value is -2.05. The van der Waals surface area contributed by atoms with Gasteiger partial charge in [0.05, 0.1) is 18.3 Å². The van der Waals surface area contributed by atoms with Gasteiger partial charge in [-0.25, -0.2) is 0 Å².